The molecule has 1 N–H and O–H groups in total. The van der Waals surface area contributed by atoms with E-state index in [-0.39, 0.29) is 16.3 Å². The molecule has 6 heteroatoms. The Kier molecular flexibility index (Phi) is 5.71. The van der Waals surface area contributed by atoms with Gasteiger partial charge in [0.25, 0.3) is 11.6 Å². The highest BCUT2D eigenvalue weighted by Crippen LogP contribution is 2.23. The molecule has 0 aromatic heterocycles. The molecule has 2 aromatic rings. The Labute approximate surface area is 139 Å². The Bertz CT molecular complexity index is 714. The molecule has 0 aliphatic heterocycles. The van der Waals surface area contributed by atoms with Crippen molar-refractivity contribution in [3.8, 4) is 0 Å². The van der Waals surface area contributed by atoms with Gasteiger partial charge in [-0.15, -0.1) is 0 Å². The van der Waals surface area contributed by atoms with Gasteiger partial charge in [0, 0.05) is 17.8 Å². The van der Waals surface area contributed by atoms with Crippen LogP contribution < -0.4 is 5.32 Å². The van der Waals surface area contributed by atoms with Gasteiger partial charge in [0.05, 0.1) is 15.5 Å². The summed E-state index contributed by atoms with van der Waals surface area (Å²) in [5.74, 6) is -0.397. The Balaban J connectivity index is 2.08. The fraction of sp³-hybridized carbons (Fsp3) is 0.235. The van der Waals surface area contributed by atoms with E-state index < -0.39 is 10.8 Å². The first-order valence-electron chi connectivity index (χ1n) is 7.35. The highest BCUT2D eigenvalue weighted by molar-refractivity contribution is 6.34. The summed E-state index contributed by atoms with van der Waals surface area (Å²) >= 11 is 5.95. The second-order valence-electron chi connectivity index (χ2n) is 5.18. The van der Waals surface area contributed by atoms with E-state index in [9.17, 15) is 14.9 Å². The molecule has 1 amide bonds. The number of unbranched alkanes of at least 4 members (excludes halogenated alkanes) is 1. The Morgan fingerprint density at radius 2 is 1.91 bits per heavy atom. The summed E-state index contributed by atoms with van der Waals surface area (Å²) in [5, 5.41) is 13.5. The van der Waals surface area contributed by atoms with Gasteiger partial charge in [-0.25, -0.2) is 0 Å². The zero-order valence-corrected chi connectivity index (χ0v) is 13.5. The number of aryl methyl sites for hydroxylation is 1. The summed E-state index contributed by atoms with van der Waals surface area (Å²) in [4.78, 5) is 22.3. The number of non-ortho nitro benzene ring substituents is 1. The first-order valence-corrected chi connectivity index (χ1v) is 7.73. The van der Waals surface area contributed by atoms with Crippen molar-refractivity contribution in [2.24, 2.45) is 0 Å². The number of benzene rings is 2. The molecule has 0 saturated heterocycles. The van der Waals surface area contributed by atoms with Crippen molar-refractivity contribution in [2.45, 2.75) is 26.2 Å². The highest BCUT2D eigenvalue weighted by Gasteiger charge is 2.15. The predicted octanol–water partition coefficient (Wildman–Crippen LogP) is 4.84. The lowest BCUT2D eigenvalue weighted by molar-refractivity contribution is -0.384. The molecule has 0 aliphatic carbocycles. The van der Waals surface area contributed by atoms with Crippen LogP contribution in [-0.4, -0.2) is 10.8 Å². The van der Waals surface area contributed by atoms with Crippen molar-refractivity contribution in [1.82, 2.24) is 0 Å². The predicted molar refractivity (Wildman–Crippen MR) is 91.1 cm³/mol. The van der Waals surface area contributed by atoms with Crippen LogP contribution in [-0.2, 0) is 6.42 Å². The number of rotatable bonds is 6. The number of hydrogen-bond acceptors (Lipinski definition) is 3. The fourth-order valence-corrected chi connectivity index (χ4v) is 2.40. The molecule has 120 valence electrons. The van der Waals surface area contributed by atoms with E-state index in [1.165, 1.54) is 23.8 Å². The van der Waals surface area contributed by atoms with Crippen LogP contribution in [0.4, 0.5) is 11.4 Å². The normalized spacial score (nSPS) is 10.3. The summed E-state index contributed by atoms with van der Waals surface area (Å²) in [7, 11) is 0. The maximum atomic E-state index is 12.2. The topological polar surface area (TPSA) is 72.2 Å². The smallest absolute Gasteiger partial charge is 0.270 e. The van der Waals surface area contributed by atoms with Crippen LogP contribution in [0, 0.1) is 10.1 Å². The Morgan fingerprint density at radius 1 is 1.22 bits per heavy atom. The number of nitrogens with zero attached hydrogens (tertiary/aromatic N) is 1. The molecule has 2 aromatic carbocycles. The van der Waals surface area contributed by atoms with Crippen LogP contribution in [0.15, 0.2) is 42.5 Å². The molecule has 2 rings (SSSR count). The van der Waals surface area contributed by atoms with Crippen LogP contribution in [0.1, 0.15) is 35.7 Å². The van der Waals surface area contributed by atoms with Gasteiger partial charge < -0.3 is 5.32 Å². The van der Waals surface area contributed by atoms with E-state index in [0.717, 1.165) is 19.3 Å². The number of carbonyl (C=O) groups is 1. The van der Waals surface area contributed by atoms with Gasteiger partial charge in [-0.2, -0.15) is 0 Å². The van der Waals surface area contributed by atoms with Crippen molar-refractivity contribution >= 4 is 28.9 Å². The molecule has 0 heterocycles. The van der Waals surface area contributed by atoms with E-state index in [1.54, 1.807) is 0 Å². The summed E-state index contributed by atoms with van der Waals surface area (Å²) in [5.41, 5.74) is 1.93. The number of halogens is 1. The average molecular weight is 333 g/mol. The van der Waals surface area contributed by atoms with Gasteiger partial charge in [-0.3, -0.25) is 14.9 Å². The lowest BCUT2D eigenvalue weighted by Crippen LogP contribution is -2.12. The quantitative estimate of drug-likeness (QED) is 0.607. The van der Waals surface area contributed by atoms with E-state index in [1.807, 2.05) is 24.3 Å². The number of nitro groups is 1. The Morgan fingerprint density at radius 3 is 2.48 bits per heavy atom. The van der Waals surface area contributed by atoms with Crippen LogP contribution in [0.3, 0.4) is 0 Å². The summed E-state index contributed by atoms with van der Waals surface area (Å²) in [6, 6.07) is 11.4. The van der Waals surface area contributed by atoms with Crippen LogP contribution in [0.25, 0.3) is 0 Å². The SMILES string of the molecule is CCCCc1ccc(NC(=O)c2ccc([N+](=O)[O-])cc2Cl)cc1. The van der Waals surface area contributed by atoms with E-state index >= 15 is 0 Å². The third-order valence-electron chi connectivity index (χ3n) is 3.44. The third kappa shape index (κ3) is 4.53. The lowest BCUT2D eigenvalue weighted by Gasteiger charge is -2.08. The second-order valence-corrected chi connectivity index (χ2v) is 5.58. The molecular weight excluding hydrogens is 316 g/mol. The largest absolute Gasteiger partial charge is 0.322 e. The molecule has 0 unspecified atom stereocenters. The molecule has 23 heavy (non-hydrogen) atoms. The van der Waals surface area contributed by atoms with Crippen molar-refractivity contribution < 1.29 is 9.72 Å². The molecular formula is C17H17ClN2O3. The summed E-state index contributed by atoms with van der Waals surface area (Å²) in [6.07, 6.45) is 3.28. The number of hydrogen-bond donors (Lipinski definition) is 1. The van der Waals surface area contributed by atoms with E-state index in [0.29, 0.717) is 5.69 Å². The molecule has 0 spiro atoms. The zero-order chi connectivity index (χ0) is 16.8. The second kappa shape index (κ2) is 7.74. The van der Waals surface area contributed by atoms with Gasteiger partial charge in [-0.05, 0) is 36.6 Å². The number of nitrogens with one attached hydrogen (secondary N) is 1. The number of amides is 1. The number of anilines is 1. The minimum absolute atomic E-state index is 0.0521. The molecule has 0 aliphatic rings. The molecule has 0 bridgehead atoms. The molecule has 0 radical (unpaired) electrons. The van der Waals surface area contributed by atoms with Gasteiger partial charge in [0.15, 0.2) is 0 Å². The zero-order valence-electron chi connectivity index (χ0n) is 12.7. The first-order chi connectivity index (χ1) is 11.0. The number of nitro benzene ring substituents is 1. The molecule has 0 saturated carbocycles. The first kappa shape index (κ1) is 17.0. The standard InChI is InChI=1S/C17H17ClN2O3/c1-2-3-4-12-5-7-13(8-6-12)19-17(21)15-10-9-14(20(22)23)11-16(15)18/h5-11H,2-4H2,1H3,(H,19,21). The fourth-order valence-electron chi connectivity index (χ4n) is 2.14. The molecule has 0 atom stereocenters. The summed E-state index contributed by atoms with van der Waals surface area (Å²) < 4.78 is 0. The van der Waals surface area contributed by atoms with Gasteiger partial charge in [-0.1, -0.05) is 37.1 Å². The van der Waals surface area contributed by atoms with Crippen molar-refractivity contribution in [3.63, 3.8) is 0 Å². The van der Waals surface area contributed by atoms with Crippen molar-refractivity contribution in [1.29, 1.82) is 0 Å². The van der Waals surface area contributed by atoms with Crippen molar-refractivity contribution in [2.75, 3.05) is 5.32 Å². The minimum Gasteiger partial charge on any atom is -0.322 e. The van der Waals surface area contributed by atoms with Crippen molar-refractivity contribution in [3.05, 3.63) is 68.7 Å². The van der Waals surface area contributed by atoms with Gasteiger partial charge in [0.2, 0.25) is 0 Å². The van der Waals surface area contributed by atoms with Crippen LogP contribution >= 0.6 is 11.6 Å². The minimum atomic E-state index is -0.553. The third-order valence-corrected chi connectivity index (χ3v) is 3.75. The summed E-state index contributed by atoms with van der Waals surface area (Å²) in [6.45, 7) is 2.14. The monoisotopic (exact) mass is 332 g/mol. The van der Waals surface area contributed by atoms with Gasteiger partial charge in [0.1, 0.15) is 0 Å². The number of carbonyl (C=O) groups excluding carboxylic acids is 1. The van der Waals surface area contributed by atoms with Crippen LogP contribution in [0.5, 0.6) is 0 Å². The lowest BCUT2D eigenvalue weighted by atomic mass is 10.1. The van der Waals surface area contributed by atoms with Gasteiger partial charge >= 0.3 is 0 Å². The molecule has 0 fully saturated rings. The molecule has 5 nitrogen and oxygen atoms in total. The van der Waals surface area contributed by atoms with E-state index in [4.69, 9.17) is 11.6 Å². The van der Waals surface area contributed by atoms with E-state index in [2.05, 4.69) is 12.2 Å². The Hall–Kier alpha value is -2.40. The maximum absolute atomic E-state index is 12.2. The van der Waals surface area contributed by atoms with Crippen LogP contribution in [0.2, 0.25) is 5.02 Å². The highest BCUT2D eigenvalue weighted by atomic mass is 35.5. The average Bonchev–Trinajstić information content (AvgIpc) is 2.53. The maximum Gasteiger partial charge on any atom is 0.270 e.